The van der Waals surface area contributed by atoms with E-state index in [2.05, 4.69) is 4.98 Å². The first kappa shape index (κ1) is 27.0. The lowest BCUT2D eigenvalue weighted by Gasteiger charge is -2.26. The van der Waals surface area contributed by atoms with Crippen molar-refractivity contribution in [3.63, 3.8) is 0 Å². The fourth-order valence-corrected chi connectivity index (χ4v) is 5.26. The molecule has 8 heteroatoms. The van der Waals surface area contributed by atoms with Crippen LogP contribution in [0.15, 0.2) is 72.4 Å². The van der Waals surface area contributed by atoms with E-state index >= 15 is 0 Å². The summed E-state index contributed by atoms with van der Waals surface area (Å²) >= 11 is 0. The normalized spacial score (nSPS) is 16.6. The molecule has 0 radical (unpaired) electrons. The molecule has 1 N–H and O–H groups in total. The number of aromatic nitrogens is 2. The van der Waals surface area contributed by atoms with Crippen molar-refractivity contribution in [2.24, 2.45) is 0 Å². The van der Waals surface area contributed by atoms with Gasteiger partial charge in [-0.15, -0.1) is 0 Å². The fourth-order valence-electron chi connectivity index (χ4n) is 5.26. The van der Waals surface area contributed by atoms with Gasteiger partial charge in [0.05, 0.1) is 30.5 Å². The first-order chi connectivity index (χ1) is 19.3. The quantitative estimate of drug-likeness (QED) is 0.174. The van der Waals surface area contributed by atoms with Crippen molar-refractivity contribution in [1.82, 2.24) is 14.3 Å². The maximum absolute atomic E-state index is 13.6. The number of fused-ring (bicyclic) bond motifs is 1. The minimum atomic E-state index is -0.830. The molecule has 1 fully saturated rings. The molecule has 1 atom stereocenters. The number of hydrogen-bond donors (Lipinski definition) is 1. The Morgan fingerprint density at radius 3 is 2.38 bits per heavy atom. The van der Waals surface area contributed by atoms with Crippen molar-refractivity contribution in [3.05, 3.63) is 101 Å². The smallest absolute Gasteiger partial charge is 0.295 e. The molecule has 2 aromatic carbocycles. The molecule has 5 rings (SSSR count). The lowest BCUT2D eigenvalue weighted by molar-refractivity contribution is -0.139. The molecule has 1 aliphatic heterocycles. The highest BCUT2D eigenvalue weighted by atomic mass is 16.5. The number of benzene rings is 2. The summed E-state index contributed by atoms with van der Waals surface area (Å²) in [5.74, 6) is -0.614. The number of nitrogens with zero attached hydrogens (tertiary/aromatic N) is 3. The largest absolute Gasteiger partial charge is 0.505 e. The molecular weight excluding hydrogens is 506 g/mol. The number of amides is 1. The molecule has 0 saturated carbocycles. The molecule has 0 aliphatic carbocycles. The molecule has 1 aliphatic rings. The third kappa shape index (κ3) is 4.81. The molecule has 1 amide bonds. The second kappa shape index (κ2) is 11.3. The van der Waals surface area contributed by atoms with Gasteiger partial charge in [0.1, 0.15) is 11.3 Å². The number of aryl methyl sites for hydroxylation is 2. The SMILES string of the molecule is CCOc1ccc(C2/C(=C(\O)c3nc4c(C)cccn4c3C)C(=O)C(=O)N2CCc2ccccc2)cc1OCC. The number of aliphatic hydroxyl groups is 1. The summed E-state index contributed by atoms with van der Waals surface area (Å²) in [6, 6.07) is 18.2. The summed E-state index contributed by atoms with van der Waals surface area (Å²) in [7, 11) is 0. The zero-order valence-electron chi connectivity index (χ0n) is 23.2. The number of carbonyl (C=O) groups excluding carboxylic acids is 2. The number of carbonyl (C=O) groups is 2. The number of pyridine rings is 1. The monoisotopic (exact) mass is 539 g/mol. The van der Waals surface area contributed by atoms with Crippen LogP contribution in [-0.2, 0) is 16.0 Å². The van der Waals surface area contributed by atoms with Crippen molar-refractivity contribution < 1.29 is 24.2 Å². The average Bonchev–Trinajstić information content (AvgIpc) is 3.43. The summed E-state index contributed by atoms with van der Waals surface area (Å²) in [6.07, 6.45) is 2.41. The van der Waals surface area contributed by atoms with E-state index in [1.165, 1.54) is 4.90 Å². The predicted octanol–water partition coefficient (Wildman–Crippen LogP) is 5.41. The second-order valence-corrected chi connectivity index (χ2v) is 9.73. The zero-order valence-corrected chi connectivity index (χ0v) is 23.2. The molecule has 40 heavy (non-hydrogen) atoms. The Morgan fingerprint density at radius 1 is 0.950 bits per heavy atom. The second-order valence-electron chi connectivity index (χ2n) is 9.73. The summed E-state index contributed by atoms with van der Waals surface area (Å²) in [5.41, 5.74) is 4.24. The van der Waals surface area contributed by atoms with E-state index in [0.717, 1.165) is 11.1 Å². The van der Waals surface area contributed by atoms with Gasteiger partial charge in [-0.2, -0.15) is 0 Å². The van der Waals surface area contributed by atoms with Crippen LogP contribution in [0.3, 0.4) is 0 Å². The molecule has 0 spiro atoms. The Balaban J connectivity index is 1.67. The van der Waals surface area contributed by atoms with Crippen molar-refractivity contribution in [2.75, 3.05) is 19.8 Å². The summed E-state index contributed by atoms with van der Waals surface area (Å²) < 4.78 is 13.5. The Bertz CT molecular complexity index is 1610. The number of aliphatic hydroxyl groups excluding tert-OH is 1. The van der Waals surface area contributed by atoms with Crippen molar-refractivity contribution >= 4 is 23.1 Å². The van der Waals surface area contributed by atoms with Crippen LogP contribution in [0.4, 0.5) is 0 Å². The summed E-state index contributed by atoms with van der Waals surface area (Å²) in [5, 5.41) is 11.7. The molecule has 1 unspecified atom stereocenters. The number of imidazole rings is 1. The first-order valence-corrected chi connectivity index (χ1v) is 13.5. The van der Waals surface area contributed by atoms with Gasteiger partial charge in [-0.3, -0.25) is 9.59 Å². The third-order valence-electron chi connectivity index (χ3n) is 7.22. The average molecular weight is 540 g/mol. The van der Waals surface area contributed by atoms with E-state index in [4.69, 9.17) is 9.47 Å². The summed E-state index contributed by atoms with van der Waals surface area (Å²) in [6.45, 7) is 8.70. The Morgan fingerprint density at radius 2 is 1.68 bits per heavy atom. The molecular formula is C32H33N3O5. The van der Waals surface area contributed by atoms with Crippen LogP contribution in [0.25, 0.3) is 11.4 Å². The van der Waals surface area contributed by atoms with Crippen molar-refractivity contribution in [1.29, 1.82) is 0 Å². The Labute approximate surface area is 233 Å². The topological polar surface area (TPSA) is 93.4 Å². The van der Waals surface area contributed by atoms with Gasteiger partial charge in [0.15, 0.2) is 17.3 Å². The van der Waals surface area contributed by atoms with Gasteiger partial charge in [-0.1, -0.05) is 42.5 Å². The van der Waals surface area contributed by atoms with Crippen LogP contribution in [0.2, 0.25) is 0 Å². The summed E-state index contributed by atoms with van der Waals surface area (Å²) in [4.78, 5) is 33.3. The fraction of sp³-hybridized carbons (Fsp3) is 0.281. The van der Waals surface area contributed by atoms with Gasteiger partial charge < -0.3 is 23.9 Å². The zero-order chi connectivity index (χ0) is 28.4. The van der Waals surface area contributed by atoms with E-state index in [1.54, 1.807) is 12.1 Å². The van der Waals surface area contributed by atoms with E-state index in [0.29, 0.717) is 48.0 Å². The maximum Gasteiger partial charge on any atom is 0.295 e. The Hall–Kier alpha value is -4.59. The minimum absolute atomic E-state index is 0.00818. The maximum atomic E-state index is 13.6. The lowest BCUT2D eigenvalue weighted by Crippen LogP contribution is -2.31. The van der Waals surface area contributed by atoms with Crippen LogP contribution in [-0.4, -0.2) is 50.8 Å². The molecule has 2 aromatic heterocycles. The third-order valence-corrected chi connectivity index (χ3v) is 7.22. The van der Waals surface area contributed by atoms with Crippen LogP contribution in [0.5, 0.6) is 11.5 Å². The first-order valence-electron chi connectivity index (χ1n) is 13.5. The van der Waals surface area contributed by atoms with Gasteiger partial charge in [0.2, 0.25) is 0 Å². The molecule has 8 nitrogen and oxygen atoms in total. The molecule has 206 valence electrons. The Kier molecular flexibility index (Phi) is 7.60. The van der Waals surface area contributed by atoms with Crippen LogP contribution >= 0.6 is 0 Å². The number of hydrogen-bond acceptors (Lipinski definition) is 6. The number of rotatable bonds is 9. The van der Waals surface area contributed by atoms with Gasteiger partial charge in [0, 0.05) is 12.7 Å². The molecule has 1 saturated heterocycles. The van der Waals surface area contributed by atoms with Crippen LogP contribution in [0.1, 0.15) is 48.0 Å². The lowest BCUT2D eigenvalue weighted by atomic mass is 9.95. The van der Waals surface area contributed by atoms with Gasteiger partial charge in [-0.05, 0) is 69.0 Å². The minimum Gasteiger partial charge on any atom is -0.505 e. The van der Waals surface area contributed by atoms with Crippen molar-refractivity contribution in [2.45, 2.75) is 40.2 Å². The molecule has 0 bridgehead atoms. The highest BCUT2D eigenvalue weighted by molar-refractivity contribution is 6.46. The standard InChI is InChI=1S/C32H33N3O5/c1-5-39-24-15-14-23(19-25(24)40-6-2)28-26(29(36)27-21(4)34-17-10-11-20(3)31(34)33-27)30(37)32(38)35(28)18-16-22-12-8-7-9-13-22/h7-15,17,19,28,36H,5-6,16,18H2,1-4H3/b29-26+. The van der Waals surface area contributed by atoms with Gasteiger partial charge >= 0.3 is 0 Å². The van der Waals surface area contributed by atoms with Crippen LogP contribution in [0, 0.1) is 13.8 Å². The van der Waals surface area contributed by atoms with Gasteiger partial charge in [0.25, 0.3) is 11.7 Å². The van der Waals surface area contributed by atoms with Crippen molar-refractivity contribution in [3.8, 4) is 11.5 Å². The molecule has 3 heterocycles. The number of likely N-dealkylation sites (tertiary alicyclic amines) is 1. The van der Waals surface area contributed by atoms with E-state index in [9.17, 15) is 14.7 Å². The van der Waals surface area contributed by atoms with Gasteiger partial charge in [-0.25, -0.2) is 4.98 Å². The number of ketones is 1. The predicted molar refractivity (Wildman–Crippen MR) is 153 cm³/mol. The highest BCUT2D eigenvalue weighted by Crippen LogP contribution is 2.42. The van der Waals surface area contributed by atoms with Crippen LogP contribution < -0.4 is 9.47 Å². The number of Topliss-reactive ketones (excluding diaryl/α,β-unsaturated/α-hetero) is 1. The highest BCUT2D eigenvalue weighted by Gasteiger charge is 2.46. The molecule has 4 aromatic rings. The van der Waals surface area contributed by atoms with E-state index < -0.39 is 17.7 Å². The van der Waals surface area contributed by atoms with E-state index in [1.807, 2.05) is 86.8 Å². The van der Waals surface area contributed by atoms with E-state index in [-0.39, 0.29) is 23.6 Å². The number of ether oxygens (including phenoxy) is 2.